The van der Waals surface area contributed by atoms with Crippen molar-refractivity contribution in [1.82, 2.24) is 14.1 Å². The molecule has 0 amide bonds. The standard InChI is InChI=1S/C26H23Cl2N5/c1-3-32-25-11-7-5-9-23(25)30-26(32)31-29-15-20-17(2)33(24-10-6-4-8-19(20)24)16-18-12-13-21(27)22(28)14-18/h4-15H,3,16H2,1-2H3,(H,30,31)/b29-15-. The molecule has 3 aromatic carbocycles. The first kappa shape index (κ1) is 21.6. The Morgan fingerprint density at radius 1 is 0.939 bits per heavy atom. The molecule has 5 nitrogen and oxygen atoms in total. The second kappa shape index (κ2) is 8.93. The lowest BCUT2D eigenvalue weighted by atomic mass is 10.1. The van der Waals surface area contributed by atoms with E-state index in [9.17, 15) is 0 Å². The fraction of sp³-hybridized carbons (Fsp3) is 0.154. The van der Waals surface area contributed by atoms with E-state index in [4.69, 9.17) is 23.2 Å². The van der Waals surface area contributed by atoms with Crippen LogP contribution < -0.4 is 5.43 Å². The Morgan fingerprint density at radius 3 is 2.48 bits per heavy atom. The molecule has 0 spiro atoms. The number of aromatic nitrogens is 3. The highest BCUT2D eigenvalue weighted by Gasteiger charge is 2.14. The van der Waals surface area contributed by atoms with Gasteiger partial charge in [0.05, 0.1) is 27.3 Å². The minimum Gasteiger partial charge on any atom is -0.340 e. The van der Waals surface area contributed by atoms with Crippen molar-refractivity contribution in [2.75, 3.05) is 5.43 Å². The van der Waals surface area contributed by atoms with Crippen molar-refractivity contribution in [3.05, 3.63) is 93.6 Å². The first-order chi connectivity index (χ1) is 16.1. The topological polar surface area (TPSA) is 47.1 Å². The number of imidazole rings is 1. The van der Waals surface area contributed by atoms with E-state index in [0.29, 0.717) is 16.6 Å². The zero-order valence-electron chi connectivity index (χ0n) is 18.4. The molecule has 0 aliphatic rings. The van der Waals surface area contributed by atoms with E-state index in [1.165, 1.54) is 0 Å². The molecule has 0 atom stereocenters. The maximum absolute atomic E-state index is 6.25. The number of fused-ring (bicyclic) bond motifs is 2. The average molecular weight is 476 g/mol. The first-order valence-electron chi connectivity index (χ1n) is 10.8. The molecule has 0 aliphatic carbocycles. The predicted molar refractivity (Wildman–Crippen MR) is 139 cm³/mol. The number of hydrogen-bond donors (Lipinski definition) is 1. The number of hydrazone groups is 1. The summed E-state index contributed by atoms with van der Waals surface area (Å²) < 4.78 is 4.39. The summed E-state index contributed by atoms with van der Waals surface area (Å²) in [6, 6.07) is 22.2. The quantitative estimate of drug-likeness (QED) is 0.210. The van der Waals surface area contributed by atoms with E-state index in [1.54, 1.807) is 0 Å². The summed E-state index contributed by atoms with van der Waals surface area (Å²) in [5, 5.41) is 6.83. The van der Waals surface area contributed by atoms with Gasteiger partial charge in [-0.1, -0.05) is 59.6 Å². The van der Waals surface area contributed by atoms with Crippen molar-refractivity contribution in [3.8, 4) is 0 Å². The summed E-state index contributed by atoms with van der Waals surface area (Å²) in [6.45, 7) is 5.71. The second-order valence-corrected chi connectivity index (χ2v) is 8.70. The maximum Gasteiger partial charge on any atom is 0.224 e. The Labute approximate surface area is 202 Å². The molecule has 0 unspecified atom stereocenters. The molecule has 0 saturated carbocycles. The summed E-state index contributed by atoms with van der Waals surface area (Å²) in [7, 11) is 0. The van der Waals surface area contributed by atoms with Crippen LogP contribution in [0.4, 0.5) is 5.95 Å². The van der Waals surface area contributed by atoms with Crippen LogP contribution in [-0.4, -0.2) is 20.3 Å². The zero-order valence-corrected chi connectivity index (χ0v) is 19.9. The lowest BCUT2D eigenvalue weighted by molar-refractivity contribution is 0.791. The number of halogens is 2. The molecule has 2 aromatic heterocycles. The zero-order chi connectivity index (χ0) is 22.9. The number of aryl methyl sites for hydroxylation is 1. The molecule has 5 aromatic rings. The van der Waals surface area contributed by atoms with Crippen LogP contribution in [0, 0.1) is 6.92 Å². The number of nitrogens with zero attached hydrogens (tertiary/aromatic N) is 4. The first-order valence-corrected chi connectivity index (χ1v) is 11.6. The average Bonchev–Trinajstić information content (AvgIpc) is 3.31. The highest BCUT2D eigenvalue weighted by Crippen LogP contribution is 2.28. The van der Waals surface area contributed by atoms with Gasteiger partial charge >= 0.3 is 0 Å². The van der Waals surface area contributed by atoms with Crippen molar-refractivity contribution in [2.45, 2.75) is 26.9 Å². The molecular formula is C26H23Cl2N5. The van der Waals surface area contributed by atoms with Crippen molar-refractivity contribution in [3.63, 3.8) is 0 Å². The van der Waals surface area contributed by atoms with E-state index in [2.05, 4.69) is 62.8 Å². The van der Waals surface area contributed by atoms with Crippen LogP contribution in [0.15, 0.2) is 71.8 Å². The van der Waals surface area contributed by atoms with Crippen LogP contribution >= 0.6 is 23.2 Å². The van der Waals surface area contributed by atoms with Gasteiger partial charge in [-0.05, 0) is 49.7 Å². The molecule has 2 heterocycles. The van der Waals surface area contributed by atoms with Gasteiger partial charge in [-0.3, -0.25) is 0 Å². The van der Waals surface area contributed by atoms with Crippen molar-refractivity contribution < 1.29 is 0 Å². The lowest BCUT2D eigenvalue weighted by Gasteiger charge is -2.09. The van der Waals surface area contributed by atoms with Crippen LogP contribution in [-0.2, 0) is 13.1 Å². The van der Waals surface area contributed by atoms with Gasteiger partial charge in [-0.2, -0.15) is 5.10 Å². The summed E-state index contributed by atoms with van der Waals surface area (Å²) in [4.78, 5) is 4.69. The summed E-state index contributed by atoms with van der Waals surface area (Å²) >= 11 is 12.3. The monoisotopic (exact) mass is 475 g/mol. The van der Waals surface area contributed by atoms with Crippen LogP contribution in [0.1, 0.15) is 23.7 Å². The van der Waals surface area contributed by atoms with Gasteiger partial charge < -0.3 is 9.13 Å². The number of hydrogen-bond acceptors (Lipinski definition) is 3. The molecule has 1 N–H and O–H groups in total. The third-order valence-corrected chi connectivity index (χ3v) is 6.67. The van der Waals surface area contributed by atoms with Crippen LogP contribution in [0.3, 0.4) is 0 Å². The molecule has 0 saturated heterocycles. The van der Waals surface area contributed by atoms with Crippen LogP contribution in [0.5, 0.6) is 0 Å². The highest BCUT2D eigenvalue weighted by molar-refractivity contribution is 6.42. The number of anilines is 1. The lowest BCUT2D eigenvalue weighted by Crippen LogP contribution is -2.03. The third kappa shape index (κ3) is 3.99. The molecule has 0 radical (unpaired) electrons. The van der Waals surface area contributed by atoms with Gasteiger partial charge in [0, 0.05) is 35.2 Å². The van der Waals surface area contributed by atoms with Crippen LogP contribution in [0.2, 0.25) is 10.0 Å². The van der Waals surface area contributed by atoms with E-state index in [0.717, 1.165) is 51.3 Å². The Morgan fingerprint density at radius 2 is 1.70 bits per heavy atom. The fourth-order valence-corrected chi connectivity index (χ4v) is 4.60. The largest absolute Gasteiger partial charge is 0.340 e. The Hall–Kier alpha value is -3.28. The number of para-hydroxylation sites is 3. The third-order valence-electron chi connectivity index (χ3n) is 5.93. The number of benzene rings is 3. The molecule has 33 heavy (non-hydrogen) atoms. The second-order valence-electron chi connectivity index (χ2n) is 7.89. The molecule has 0 aliphatic heterocycles. The normalized spacial score (nSPS) is 11.8. The molecular weight excluding hydrogens is 453 g/mol. The van der Waals surface area contributed by atoms with Crippen molar-refractivity contribution >= 4 is 57.3 Å². The minimum absolute atomic E-state index is 0.562. The summed E-state index contributed by atoms with van der Waals surface area (Å²) in [6.07, 6.45) is 1.88. The Balaban J connectivity index is 1.49. The van der Waals surface area contributed by atoms with Gasteiger partial charge in [0.1, 0.15) is 0 Å². The van der Waals surface area contributed by atoms with Gasteiger partial charge in [-0.25, -0.2) is 10.4 Å². The van der Waals surface area contributed by atoms with Gasteiger partial charge in [-0.15, -0.1) is 0 Å². The Kier molecular flexibility index (Phi) is 5.83. The Bertz CT molecular complexity index is 1500. The smallest absolute Gasteiger partial charge is 0.224 e. The van der Waals surface area contributed by atoms with Crippen LogP contribution in [0.25, 0.3) is 21.9 Å². The number of rotatable bonds is 6. The SMILES string of the molecule is CCn1c(N/N=C\c2c(C)n(Cc3ccc(Cl)c(Cl)c3)c3ccccc23)nc2ccccc21. The highest BCUT2D eigenvalue weighted by atomic mass is 35.5. The van der Waals surface area contributed by atoms with Crippen molar-refractivity contribution in [1.29, 1.82) is 0 Å². The predicted octanol–water partition coefficient (Wildman–Crippen LogP) is 7.12. The molecule has 7 heteroatoms. The van der Waals surface area contributed by atoms with Gasteiger partial charge in [0.15, 0.2) is 0 Å². The van der Waals surface area contributed by atoms with Gasteiger partial charge in [0.25, 0.3) is 0 Å². The van der Waals surface area contributed by atoms with Crippen molar-refractivity contribution in [2.24, 2.45) is 5.10 Å². The summed E-state index contributed by atoms with van der Waals surface area (Å²) in [5.41, 5.74) is 9.61. The fourth-order valence-electron chi connectivity index (χ4n) is 4.28. The number of nitrogens with one attached hydrogen (secondary N) is 1. The van der Waals surface area contributed by atoms with E-state index in [-0.39, 0.29) is 0 Å². The maximum atomic E-state index is 6.25. The van der Waals surface area contributed by atoms with E-state index >= 15 is 0 Å². The summed E-state index contributed by atoms with van der Waals surface area (Å²) in [5.74, 6) is 0.729. The molecule has 5 rings (SSSR count). The molecule has 166 valence electrons. The van der Waals surface area contributed by atoms with E-state index in [1.807, 2.05) is 48.7 Å². The molecule has 0 bridgehead atoms. The minimum atomic E-state index is 0.562. The van der Waals surface area contributed by atoms with Gasteiger partial charge in [0.2, 0.25) is 5.95 Å². The van der Waals surface area contributed by atoms with E-state index < -0.39 is 0 Å². The molecule has 0 fully saturated rings.